The first-order valence-corrected chi connectivity index (χ1v) is 4.01. The molecule has 0 aromatic carbocycles. The minimum Gasteiger partial charge on any atom is -0.396 e. The normalized spacial score (nSPS) is 15.3. The van der Waals surface area contributed by atoms with Crippen molar-refractivity contribution in [1.82, 2.24) is 0 Å². The first-order chi connectivity index (χ1) is 4.52. The van der Waals surface area contributed by atoms with Gasteiger partial charge in [-0.05, 0) is 12.7 Å². The van der Waals surface area contributed by atoms with Crippen molar-refractivity contribution in [3.63, 3.8) is 0 Å². The van der Waals surface area contributed by atoms with Gasteiger partial charge < -0.3 is 5.11 Å². The Morgan fingerprint density at radius 1 is 1.50 bits per heavy atom. The van der Waals surface area contributed by atoms with Gasteiger partial charge in [0.25, 0.3) is 0 Å². The number of hydrogen-bond acceptors (Lipinski definition) is 2. The molecule has 0 aliphatic carbocycles. The maximum Gasteiger partial charge on any atom is 0.400 e. The Bertz CT molecular complexity index is 93.4. The van der Waals surface area contributed by atoms with Gasteiger partial charge in [0.15, 0.2) is 0 Å². The van der Waals surface area contributed by atoms with E-state index < -0.39 is 18.0 Å². The van der Waals surface area contributed by atoms with Crippen LogP contribution in [0.2, 0.25) is 0 Å². The summed E-state index contributed by atoms with van der Waals surface area (Å²) >= 11 is 0.716. The molecule has 0 heterocycles. The van der Waals surface area contributed by atoms with Crippen LogP contribution in [0, 0.1) is 0 Å². The molecule has 10 heavy (non-hydrogen) atoms. The maximum absolute atomic E-state index is 11.8. The molecule has 0 aromatic rings. The number of aliphatic hydroxyl groups is 1. The van der Waals surface area contributed by atoms with E-state index in [1.807, 2.05) is 0 Å². The summed E-state index contributed by atoms with van der Waals surface area (Å²) in [5.41, 5.74) is 0. The van der Waals surface area contributed by atoms with Crippen LogP contribution in [0.15, 0.2) is 0 Å². The predicted molar refractivity (Wildman–Crippen MR) is 35.1 cm³/mol. The molecule has 0 aliphatic heterocycles. The quantitative estimate of drug-likeness (QED) is 0.702. The summed E-state index contributed by atoms with van der Waals surface area (Å²) in [6.45, 7) is -0.412. The molecule has 0 radical (unpaired) electrons. The van der Waals surface area contributed by atoms with Gasteiger partial charge in [-0.15, -0.1) is 0 Å². The summed E-state index contributed by atoms with van der Waals surface area (Å²) in [7, 11) is 0. The fourth-order valence-corrected chi connectivity index (χ4v) is 1.14. The Hall–Kier alpha value is 0.100. The molecule has 0 saturated carbocycles. The lowest BCUT2D eigenvalue weighted by molar-refractivity contribution is -0.131. The number of aliphatic hydroxyl groups excluding tert-OH is 1. The van der Waals surface area contributed by atoms with Crippen LogP contribution in [0.3, 0.4) is 0 Å². The molecular weight excluding hydrogens is 165 g/mol. The van der Waals surface area contributed by atoms with Gasteiger partial charge in [0.2, 0.25) is 0 Å². The summed E-state index contributed by atoms with van der Waals surface area (Å²) in [5, 5.41) is 6.80. The second-order valence-electron chi connectivity index (χ2n) is 1.78. The highest BCUT2D eigenvalue weighted by atomic mass is 32.2. The van der Waals surface area contributed by atoms with E-state index >= 15 is 0 Å². The lowest BCUT2D eigenvalue weighted by Gasteiger charge is -2.15. The van der Waals surface area contributed by atoms with E-state index in [1.165, 1.54) is 6.26 Å². The van der Waals surface area contributed by atoms with Crippen molar-refractivity contribution < 1.29 is 18.3 Å². The number of hydrogen-bond donors (Lipinski definition) is 1. The van der Waals surface area contributed by atoms with Crippen molar-refractivity contribution >= 4 is 11.8 Å². The van der Waals surface area contributed by atoms with Crippen molar-refractivity contribution in [3.05, 3.63) is 0 Å². The van der Waals surface area contributed by atoms with Crippen LogP contribution in [0.1, 0.15) is 6.42 Å². The largest absolute Gasteiger partial charge is 0.400 e. The van der Waals surface area contributed by atoms with Gasteiger partial charge in [-0.1, -0.05) is 0 Å². The van der Waals surface area contributed by atoms with Gasteiger partial charge in [-0.3, -0.25) is 0 Å². The molecule has 1 N–H and O–H groups in total. The summed E-state index contributed by atoms with van der Waals surface area (Å²) in [5.74, 6) is 0. The Kier molecular flexibility index (Phi) is 4.12. The van der Waals surface area contributed by atoms with Gasteiger partial charge in [-0.25, -0.2) is 0 Å². The third kappa shape index (κ3) is 3.31. The zero-order chi connectivity index (χ0) is 8.20. The van der Waals surface area contributed by atoms with Crippen molar-refractivity contribution in [3.8, 4) is 0 Å². The molecule has 0 saturated heterocycles. The average Bonchev–Trinajstić information content (AvgIpc) is 1.80. The molecule has 0 aliphatic rings. The van der Waals surface area contributed by atoms with Gasteiger partial charge in [0.05, 0.1) is 0 Å². The van der Waals surface area contributed by atoms with Crippen molar-refractivity contribution in [2.24, 2.45) is 0 Å². The van der Waals surface area contributed by atoms with Crippen molar-refractivity contribution in [1.29, 1.82) is 0 Å². The third-order valence-electron chi connectivity index (χ3n) is 1.04. The van der Waals surface area contributed by atoms with Gasteiger partial charge >= 0.3 is 6.18 Å². The zero-order valence-corrected chi connectivity index (χ0v) is 6.30. The van der Waals surface area contributed by atoms with E-state index in [1.54, 1.807) is 0 Å². The Balaban J connectivity index is 3.81. The van der Waals surface area contributed by atoms with Crippen LogP contribution in [-0.2, 0) is 0 Å². The fraction of sp³-hybridized carbons (Fsp3) is 1.00. The minimum absolute atomic E-state index is 0.218. The number of thioether (sulfide) groups is 1. The molecule has 0 rings (SSSR count). The van der Waals surface area contributed by atoms with Gasteiger partial charge in [-0.2, -0.15) is 24.9 Å². The number of rotatable bonds is 3. The standard InChI is InChI=1S/C5H9F3OS/c1-10-4(2-3-9)5(6,7)8/h4,9H,2-3H2,1H3. The Morgan fingerprint density at radius 3 is 2.10 bits per heavy atom. The van der Waals surface area contributed by atoms with Crippen molar-refractivity contribution in [2.45, 2.75) is 17.8 Å². The molecule has 1 nitrogen and oxygen atoms in total. The smallest absolute Gasteiger partial charge is 0.396 e. The zero-order valence-electron chi connectivity index (χ0n) is 5.48. The average molecular weight is 174 g/mol. The summed E-state index contributed by atoms with van der Waals surface area (Å²) in [6, 6.07) is 0. The molecule has 62 valence electrons. The SMILES string of the molecule is CSC(CCO)C(F)(F)F. The Labute approximate surface area is 61.6 Å². The molecule has 0 bridgehead atoms. The van der Waals surface area contributed by atoms with Crippen LogP contribution < -0.4 is 0 Å². The van der Waals surface area contributed by atoms with Crippen LogP contribution in [-0.4, -0.2) is 29.4 Å². The molecule has 5 heteroatoms. The summed E-state index contributed by atoms with van der Waals surface area (Å²) < 4.78 is 35.3. The predicted octanol–water partition coefficient (Wildman–Crippen LogP) is 1.66. The van der Waals surface area contributed by atoms with E-state index in [-0.39, 0.29) is 6.42 Å². The Morgan fingerprint density at radius 2 is 2.00 bits per heavy atom. The topological polar surface area (TPSA) is 20.2 Å². The fourth-order valence-electron chi connectivity index (χ4n) is 0.532. The molecule has 1 atom stereocenters. The van der Waals surface area contributed by atoms with Gasteiger partial charge in [0, 0.05) is 6.61 Å². The lowest BCUT2D eigenvalue weighted by Crippen LogP contribution is -2.26. The molecular formula is C5H9F3OS. The highest BCUT2D eigenvalue weighted by Crippen LogP contribution is 2.30. The van der Waals surface area contributed by atoms with Gasteiger partial charge in [0.1, 0.15) is 5.25 Å². The second kappa shape index (κ2) is 4.08. The lowest BCUT2D eigenvalue weighted by atomic mass is 10.3. The molecule has 0 spiro atoms. The first-order valence-electron chi connectivity index (χ1n) is 2.72. The van der Waals surface area contributed by atoms with E-state index in [4.69, 9.17) is 5.11 Å². The second-order valence-corrected chi connectivity index (χ2v) is 2.82. The first kappa shape index (κ1) is 10.1. The monoisotopic (exact) mass is 174 g/mol. The minimum atomic E-state index is -4.18. The maximum atomic E-state index is 11.8. The van der Waals surface area contributed by atoms with Crippen molar-refractivity contribution in [2.75, 3.05) is 12.9 Å². The summed E-state index contributed by atoms with van der Waals surface area (Å²) in [6.07, 6.45) is -3.01. The molecule has 0 amide bonds. The number of halogens is 3. The van der Waals surface area contributed by atoms with E-state index in [2.05, 4.69) is 0 Å². The highest BCUT2D eigenvalue weighted by Gasteiger charge is 2.38. The van der Waals surface area contributed by atoms with E-state index in [9.17, 15) is 13.2 Å². The number of alkyl halides is 3. The van der Waals surface area contributed by atoms with E-state index in [0.29, 0.717) is 11.8 Å². The van der Waals surface area contributed by atoms with Crippen LogP contribution in [0.4, 0.5) is 13.2 Å². The molecule has 0 fully saturated rings. The van der Waals surface area contributed by atoms with Crippen LogP contribution in [0.5, 0.6) is 0 Å². The van der Waals surface area contributed by atoms with Crippen LogP contribution >= 0.6 is 11.8 Å². The molecule has 1 unspecified atom stereocenters. The molecule has 0 aromatic heterocycles. The highest BCUT2D eigenvalue weighted by molar-refractivity contribution is 7.99. The van der Waals surface area contributed by atoms with E-state index in [0.717, 1.165) is 0 Å². The van der Waals surface area contributed by atoms with Crippen LogP contribution in [0.25, 0.3) is 0 Å². The third-order valence-corrected chi connectivity index (χ3v) is 2.11. The summed E-state index contributed by atoms with van der Waals surface area (Å²) in [4.78, 5) is 0.